The molecule has 0 aliphatic heterocycles. The molecule has 0 aliphatic carbocycles. The van der Waals surface area contributed by atoms with E-state index in [1.54, 1.807) is 18.2 Å². The Kier molecular flexibility index (Phi) is 6.18. The summed E-state index contributed by atoms with van der Waals surface area (Å²) in [4.78, 5) is 11.8. The summed E-state index contributed by atoms with van der Waals surface area (Å²) < 4.78 is 1.97. The second kappa shape index (κ2) is 7.65. The van der Waals surface area contributed by atoms with Gasteiger partial charge in [-0.15, -0.1) is 0 Å². The van der Waals surface area contributed by atoms with Crippen LogP contribution >= 0.6 is 0 Å². The Morgan fingerprint density at radius 1 is 1.25 bits per heavy atom. The number of benzene rings is 1. The quantitative estimate of drug-likeness (QED) is 0.705. The molecule has 0 fully saturated rings. The lowest BCUT2D eigenvalue weighted by atomic mass is 10.3. The summed E-state index contributed by atoms with van der Waals surface area (Å²) in [6.45, 7) is 2.66. The Morgan fingerprint density at radius 3 is 2.60 bits per heavy atom. The van der Waals surface area contributed by atoms with Crippen LogP contribution < -0.4 is 26.9 Å². The molecule has 106 valence electrons. The van der Waals surface area contributed by atoms with Gasteiger partial charge < -0.3 is 27.4 Å². The van der Waals surface area contributed by atoms with Gasteiger partial charge in [0, 0.05) is 23.9 Å². The minimum Gasteiger partial charge on any atom is -1.00 e. The molecule has 1 aromatic carbocycles. The summed E-state index contributed by atoms with van der Waals surface area (Å²) in [6, 6.07) is 10.5. The number of rotatable bonds is 4. The topological polar surface area (TPSA) is 53.2 Å². The van der Waals surface area contributed by atoms with Crippen molar-refractivity contribution >= 4 is 11.6 Å². The summed E-state index contributed by atoms with van der Waals surface area (Å²) in [5.74, 6) is 0.0735. The van der Waals surface area contributed by atoms with Crippen LogP contribution in [0.4, 0.5) is 5.69 Å². The van der Waals surface area contributed by atoms with E-state index < -0.39 is 0 Å². The van der Waals surface area contributed by atoms with Gasteiger partial charge in [-0.3, -0.25) is 4.79 Å². The third-order valence-electron chi connectivity index (χ3n) is 2.78. The van der Waals surface area contributed by atoms with Crippen LogP contribution in [0.15, 0.2) is 48.8 Å². The van der Waals surface area contributed by atoms with Gasteiger partial charge in [-0.2, -0.15) is 0 Å². The maximum Gasteiger partial charge on any atom is 0.230 e. The van der Waals surface area contributed by atoms with Crippen LogP contribution in [0.2, 0.25) is 0 Å². The summed E-state index contributed by atoms with van der Waals surface area (Å²) in [6.07, 6.45) is 4.30. The number of carbonyl (C=O) groups is 1. The number of aromatic hydroxyl groups is 1. The van der Waals surface area contributed by atoms with Gasteiger partial charge in [0.05, 0.1) is 6.42 Å². The maximum absolute atomic E-state index is 11.8. The van der Waals surface area contributed by atoms with Crippen molar-refractivity contribution in [1.82, 2.24) is 0 Å². The summed E-state index contributed by atoms with van der Waals surface area (Å²) >= 11 is 0. The molecule has 4 nitrogen and oxygen atoms in total. The van der Waals surface area contributed by atoms with E-state index in [0.29, 0.717) is 18.7 Å². The van der Waals surface area contributed by atoms with Gasteiger partial charge >= 0.3 is 0 Å². The van der Waals surface area contributed by atoms with Crippen molar-refractivity contribution in [2.45, 2.75) is 19.9 Å². The van der Waals surface area contributed by atoms with Crippen LogP contribution in [0.1, 0.15) is 12.0 Å². The molecule has 1 amide bonds. The molecular formula is C15H17BrN2O2. The summed E-state index contributed by atoms with van der Waals surface area (Å²) in [5.41, 5.74) is 1.80. The van der Waals surface area contributed by atoms with E-state index >= 15 is 0 Å². The molecule has 0 spiro atoms. The molecule has 1 heterocycles. The first-order valence-electron chi connectivity index (χ1n) is 6.18. The molecule has 0 radical (unpaired) electrons. The Labute approximate surface area is 128 Å². The molecule has 0 saturated carbocycles. The average molecular weight is 337 g/mol. The Morgan fingerprint density at radius 2 is 1.95 bits per heavy atom. The van der Waals surface area contributed by atoms with E-state index in [2.05, 4.69) is 5.32 Å². The van der Waals surface area contributed by atoms with Crippen molar-refractivity contribution < 1.29 is 31.4 Å². The van der Waals surface area contributed by atoms with Gasteiger partial charge in [0.1, 0.15) is 5.75 Å². The van der Waals surface area contributed by atoms with E-state index in [-0.39, 0.29) is 28.6 Å². The molecule has 2 rings (SSSR count). The van der Waals surface area contributed by atoms with E-state index in [0.717, 1.165) is 0 Å². The smallest absolute Gasteiger partial charge is 0.230 e. The lowest BCUT2D eigenvalue weighted by Crippen LogP contribution is -3.00. The summed E-state index contributed by atoms with van der Waals surface area (Å²) in [7, 11) is 0. The van der Waals surface area contributed by atoms with Crippen molar-refractivity contribution in [1.29, 1.82) is 0 Å². The number of hydrogen-bond acceptors (Lipinski definition) is 2. The van der Waals surface area contributed by atoms with Crippen LogP contribution in [-0.2, 0) is 11.3 Å². The van der Waals surface area contributed by atoms with Crippen LogP contribution in [0.25, 0.3) is 0 Å². The highest BCUT2D eigenvalue weighted by Gasteiger charge is 2.07. The third-order valence-corrected chi connectivity index (χ3v) is 2.78. The molecule has 0 aliphatic rings. The molecule has 20 heavy (non-hydrogen) atoms. The van der Waals surface area contributed by atoms with Gasteiger partial charge in [-0.1, -0.05) is 6.07 Å². The number of phenolic OH excluding ortho intramolecular Hbond substituents is 1. The minimum atomic E-state index is -0.0707. The first kappa shape index (κ1) is 16.2. The maximum atomic E-state index is 11.8. The van der Waals surface area contributed by atoms with Gasteiger partial charge in [0.15, 0.2) is 18.9 Å². The fourth-order valence-corrected chi connectivity index (χ4v) is 1.72. The highest BCUT2D eigenvalue weighted by atomic mass is 79.9. The van der Waals surface area contributed by atoms with Crippen LogP contribution in [0.5, 0.6) is 5.75 Å². The molecular weight excluding hydrogens is 320 g/mol. The number of carbonyl (C=O) groups excluding carboxylic acids is 1. The van der Waals surface area contributed by atoms with Gasteiger partial charge in [0.2, 0.25) is 5.91 Å². The standard InChI is InChI=1S/C15H16N2O2.BrH/c1-12-5-8-17(9-6-12)10-7-15(19)16-13-3-2-4-14(18)11-13;/h2-6,8-9,11H,7,10H2,1H3,(H-,16,18,19);1H. The Bertz CT molecular complexity index is 570. The van der Waals surface area contributed by atoms with Crippen molar-refractivity contribution in [3.8, 4) is 5.75 Å². The van der Waals surface area contributed by atoms with Crippen LogP contribution in [0.3, 0.4) is 0 Å². The van der Waals surface area contributed by atoms with E-state index in [1.165, 1.54) is 11.6 Å². The number of anilines is 1. The number of nitrogens with one attached hydrogen (secondary N) is 1. The second-order valence-electron chi connectivity index (χ2n) is 4.46. The molecule has 2 N–H and O–H groups in total. The second-order valence-corrected chi connectivity index (χ2v) is 4.46. The van der Waals surface area contributed by atoms with E-state index in [9.17, 15) is 9.90 Å². The van der Waals surface area contributed by atoms with Crippen molar-refractivity contribution in [2.24, 2.45) is 0 Å². The number of halogens is 1. The van der Waals surface area contributed by atoms with Gasteiger partial charge in [-0.25, -0.2) is 4.57 Å². The number of pyridine rings is 1. The number of phenols is 1. The SMILES string of the molecule is Cc1cc[n+](CCC(=O)Nc2cccc(O)c2)cc1.[Br-]. The average Bonchev–Trinajstić information content (AvgIpc) is 2.38. The Hall–Kier alpha value is -1.88. The molecule has 1 aromatic heterocycles. The predicted octanol–water partition coefficient (Wildman–Crippen LogP) is -0.979. The number of aryl methyl sites for hydroxylation is 2. The first-order chi connectivity index (χ1) is 9.13. The van der Waals surface area contributed by atoms with Crippen molar-refractivity contribution in [3.63, 3.8) is 0 Å². The highest BCUT2D eigenvalue weighted by Crippen LogP contribution is 2.15. The summed E-state index contributed by atoms with van der Waals surface area (Å²) in [5, 5.41) is 12.1. The van der Waals surface area contributed by atoms with E-state index in [1.807, 2.05) is 36.0 Å². The largest absolute Gasteiger partial charge is 1.00 e. The van der Waals surface area contributed by atoms with Crippen molar-refractivity contribution in [2.75, 3.05) is 5.32 Å². The fourth-order valence-electron chi connectivity index (χ4n) is 1.72. The zero-order valence-electron chi connectivity index (χ0n) is 11.2. The molecule has 2 aromatic rings. The van der Waals surface area contributed by atoms with Gasteiger partial charge in [-0.05, 0) is 24.6 Å². The lowest BCUT2D eigenvalue weighted by Gasteiger charge is -2.04. The number of amides is 1. The number of hydrogen-bond donors (Lipinski definition) is 2. The minimum absolute atomic E-state index is 0. The molecule has 5 heteroatoms. The monoisotopic (exact) mass is 336 g/mol. The van der Waals surface area contributed by atoms with Crippen LogP contribution in [0, 0.1) is 6.92 Å². The normalized spacial score (nSPS) is 9.65. The number of aromatic nitrogens is 1. The first-order valence-corrected chi connectivity index (χ1v) is 6.18. The van der Waals surface area contributed by atoms with Crippen LogP contribution in [-0.4, -0.2) is 11.0 Å². The predicted molar refractivity (Wildman–Crippen MR) is 72.7 cm³/mol. The molecule has 0 saturated heterocycles. The fraction of sp³-hybridized carbons (Fsp3) is 0.200. The Balaban J connectivity index is 0.00000200. The number of nitrogens with zero attached hydrogens (tertiary/aromatic N) is 1. The highest BCUT2D eigenvalue weighted by molar-refractivity contribution is 5.90. The molecule has 0 bridgehead atoms. The van der Waals surface area contributed by atoms with E-state index in [4.69, 9.17) is 0 Å². The lowest BCUT2D eigenvalue weighted by molar-refractivity contribution is -0.695. The third kappa shape index (κ3) is 5.01. The van der Waals surface area contributed by atoms with Crippen molar-refractivity contribution in [3.05, 3.63) is 54.4 Å². The zero-order valence-corrected chi connectivity index (χ0v) is 12.8. The van der Waals surface area contributed by atoms with Gasteiger partial charge in [0.25, 0.3) is 0 Å². The molecule has 0 atom stereocenters. The molecule has 0 unspecified atom stereocenters. The zero-order chi connectivity index (χ0) is 13.7.